The Hall–Kier alpha value is -1.39. The molecule has 0 amide bonds. The fourth-order valence-corrected chi connectivity index (χ4v) is 0.801. The van der Waals surface area contributed by atoms with E-state index in [2.05, 4.69) is 4.74 Å². The van der Waals surface area contributed by atoms with Gasteiger partial charge in [0.15, 0.2) is 6.79 Å². The highest BCUT2D eigenvalue weighted by Crippen LogP contribution is 2.00. The first-order valence-electron chi connectivity index (χ1n) is 3.84. The molecular formula is C9H11NO3. The SMILES string of the molecule is NCOCOC(=O)c1ccccc1. The number of ether oxygens (including phenoxy) is 2. The topological polar surface area (TPSA) is 61.6 Å². The van der Waals surface area contributed by atoms with Gasteiger partial charge in [0.25, 0.3) is 0 Å². The average molecular weight is 181 g/mol. The lowest BCUT2D eigenvalue weighted by atomic mass is 10.2. The zero-order valence-corrected chi connectivity index (χ0v) is 7.10. The standard InChI is InChI=1S/C9H11NO3/c10-6-12-7-13-9(11)8-4-2-1-3-5-8/h1-5H,6-7,10H2. The number of hydrogen-bond acceptors (Lipinski definition) is 4. The number of esters is 1. The third kappa shape index (κ3) is 3.23. The minimum atomic E-state index is -0.408. The summed E-state index contributed by atoms with van der Waals surface area (Å²) in [6.07, 6.45) is 0. The monoisotopic (exact) mass is 181 g/mol. The van der Waals surface area contributed by atoms with Crippen LogP contribution in [0.2, 0.25) is 0 Å². The van der Waals surface area contributed by atoms with Crippen LogP contribution < -0.4 is 5.73 Å². The lowest BCUT2D eigenvalue weighted by molar-refractivity contribution is -0.0295. The van der Waals surface area contributed by atoms with Crippen LogP contribution in [-0.4, -0.2) is 19.5 Å². The number of carbonyl (C=O) groups is 1. The van der Waals surface area contributed by atoms with E-state index in [0.29, 0.717) is 5.56 Å². The molecular weight excluding hydrogens is 170 g/mol. The molecule has 0 aliphatic heterocycles. The van der Waals surface area contributed by atoms with Crippen molar-refractivity contribution >= 4 is 5.97 Å². The summed E-state index contributed by atoms with van der Waals surface area (Å²) in [5.41, 5.74) is 5.54. The van der Waals surface area contributed by atoms with Crippen molar-refractivity contribution in [2.75, 3.05) is 13.5 Å². The maximum atomic E-state index is 11.2. The van der Waals surface area contributed by atoms with Crippen molar-refractivity contribution in [2.24, 2.45) is 5.73 Å². The van der Waals surface area contributed by atoms with Crippen LogP contribution in [0.4, 0.5) is 0 Å². The molecule has 13 heavy (non-hydrogen) atoms. The van der Waals surface area contributed by atoms with E-state index in [0.717, 1.165) is 0 Å². The van der Waals surface area contributed by atoms with Crippen molar-refractivity contribution in [1.29, 1.82) is 0 Å². The summed E-state index contributed by atoms with van der Waals surface area (Å²) in [6, 6.07) is 8.70. The second kappa shape index (κ2) is 5.29. The zero-order chi connectivity index (χ0) is 9.52. The number of carbonyl (C=O) groups excluding carboxylic acids is 1. The van der Waals surface area contributed by atoms with Crippen LogP contribution in [0.15, 0.2) is 30.3 Å². The van der Waals surface area contributed by atoms with Gasteiger partial charge < -0.3 is 15.2 Å². The Balaban J connectivity index is 2.40. The number of rotatable bonds is 4. The fourth-order valence-electron chi connectivity index (χ4n) is 0.801. The van der Waals surface area contributed by atoms with Crippen molar-refractivity contribution in [3.63, 3.8) is 0 Å². The molecule has 0 unspecified atom stereocenters. The third-order valence-corrected chi connectivity index (χ3v) is 1.40. The van der Waals surface area contributed by atoms with Gasteiger partial charge in [0.05, 0.1) is 12.3 Å². The van der Waals surface area contributed by atoms with Gasteiger partial charge in [-0.3, -0.25) is 0 Å². The molecule has 0 saturated carbocycles. The first-order valence-corrected chi connectivity index (χ1v) is 3.84. The van der Waals surface area contributed by atoms with Gasteiger partial charge >= 0.3 is 5.97 Å². The molecule has 0 atom stereocenters. The van der Waals surface area contributed by atoms with Gasteiger partial charge in [-0.15, -0.1) is 0 Å². The Bertz CT molecular complexity index is 261. The van der Waals surface area contributed by atoms with E-state index >= 15 is 0 Å². The van der Waals surface area contributed by atoms with Crippen LogP contribution in [0, 0.1) is 0 Å². The smallest absolute Gasteiger partial charge is 0.340 e. The molecule has 1 aromatic carbocycles. The molecule has 0 saturated heterocycles. The maximum absolute atomic E-state index is 11.2. The molecule has 1 rings (SSSR count). The summed E-state index contributed by atoms with van der Waals surface area (Å²) in [7, 11) is 0. The molecule has 0 aliphatic rings. The van der Waals surface area contributed by atoms with E-state index in [1.54, 1.807) is 24.3 Å². The number of nitrogens with two attached hydrogens (primary N) is 1. The summed E-state index contributed by atoms with van der Waals surface area (Å²) in [5, 5.41) is 0. The Morgan fingerprint density at radius 1 is 1.31 bits per heavy atom. The van der Waals surface area contributed by atoms with Crippen LogP contribution in [0.3, 0.4) is 0 Å². The summed E-state index contributed by atoms with van der Waals surface area (Å²) >= 11 is 0. The molecule has 4 heteroatoms. The molecule has 0 bridgehead atoms. The highest BCUT2D eigenvalue weighted by molar-refractivity contribution is 5.89. The third-order valence-electron chi connectivity index (χ3n) is 1.40. The predicted octanol–water partition coefficient (Wildman–Crippen LogP) is 0.734. The zero-order valence-electron chi connectivity index (χ0n) is 7.10. The molecule has 4 nitrogen and oxygen atoms in total. The van der Waals surface area contributed by atoms with E-state index in [-0.39, 0.29) is 13.5 Å². The van der Waals surface area contributed by atoms with E-state index in [9.17, 15) is 4.79 Å². The van der Waals surface area contributed by atoms with E-state index < -0.39 is 5.97 Å². The second-order valence-corrected chi connectivity index (χ2v) is 2.29. The molecule has 70 valence electrons. The van der Waals surface area contributed by atoms with E-state index in [4.69, 9.17) is 10.5 Å². The number of hydrogen-bond donors (Lipinski definition) is 1. The Morgan fingerprint density at radius 3 is 2.62 bits per heavy atom. The largest absolute Gasteiger partial charge is 0.435 e. The van der Waals surface area contributed by atoms with Gasteiger partial charge in [0.1, 0.15) is 0 Å². The molecule has 0 spiro atoms. The van der Waals surface area contributed by atoms with Crippen LogP contribution >= 0.6 is 0 Å². The molecule has 0 aromatic heterocycles. The Morgan fingerprint density at radius 2 is 2.00 bits per heavy atom. The lowest BCUT2D eigenvalue weighted by Crippen LogP contribution is -2.12. The van der Waals surface area contributed by atoms with Gasteiger partial charge in [0.2, 0.25) is 0 Å². The quantitative estimate of drug-likeness (QED) is 0.422. The number of benzene rings is 1. The minimum Gasteiger partial charge on any atom is -0.435 e. The van der Waals surface area contributed by atoms with Gasteiger partial charge in [0, 0.05) is 0 Å². The fraction of sp³-hybridized carbons (Fsp3) is 0.222. The molecule has 0 fully saturated rings. The highest BCUT2D eigenvalue weighted by atomic mass is 16.7. The van der Waals surface area contributed by atoms with Crippen molar-refractivity contribution in [3.8, 4) is 0 Å². The van der Waals surface area contributed by atoms with Gasteiger partial charge in [-0.1, -0.05) is 18.2 Å². The lowest BCUT2D eigenvalue weighted by Gasteiger charge is -2.03. The van der Waals surface area contributed by atoms with Crippen molar-refractivity contribution in [2.45, 2.75) is 0 Å². The van der Waals surface area contributed by atoms with Gasteiger partial charge in [-0.05, 0) is 12.1 Å². The normalized spacial score (nSPS) is 9.62. The average Bonchev–Trinajstić information content (AvgIpc) is 2.19. The first-order chi connectivity index (χ1) is 6.34. The van der Waals surface area contributed by atoms with E-state index in [1.165, 1.54) is 0 Å². The summed E-state index contributed by atoms with van der Waals surface area (Å²) in [5.74, 6) is -0.408. The minimum absolute atomic E-state index is 0.0437. The molecule has 0 aliphatic carbocycles. The second-order valence-electron chi connectivity index (χ2n) is 2.29. The Labute approximate surface area is 76.3 Å². The molecule has 1 aromatic rings. The first kappa shape index (κ1) is 9.70. The highest BCUT2D eigenvalue weighted by Gasteiger charge is 2.04. The summed E-state index contributed by atoms with van der Waals surface area (Å²) in [4.78, 5) is 11.2. The van der Waals surface area contributed by atoms with Crippen LogP contribution in [0.25, 0.3) is 0 Å². The summed E-state index contributed by atoms with van der Waals surface area (Å²) < 4.78 is 9.39. The van der Waals surface area contributed by atoms with E-state index in [1.807, 2.05) is 6.07 Å². The van der Waals surface area contributed by atoms with Crippen molar-refractivity contribution in [1.82, 2.24) is 0 Å². The van der Waals surface area contributed by atoms with Crippen LogP contribution in [0.1, 0.15) is 10.4 Å². The van der Waals surface area contributed by atoms with Crippen LogP contribution in [0.5, 0.6) is 0 Å². The van der Waals surface area contributed by atoms with Gasteiger partial charge in [-0.2, -0.15) is 0 Å². The Kier molecular flexibility index (Phi) is 3.95. The molecule has 0 radical (unpaired) electrons. The van der Waals surface area contributed by atoms with Crippen molar-refractivity contribution < 1.29 is 14.3 Å². The summed E-state index contributed by atoms with van der Waals surface area (Å²) in [6.45, 7) is -0.0632. The van der Waals surface area contributed by atoms with Gasteiger partial charge in [-0.25, -0.2) is 4.79 Å². The van der Waals surface area contributed by atoms with Crippen molar-refractivity contribution in [3.05, 3.63) is 35.9 Å². The molecule has 0 heterocycles. The molecule has 2 N–H and O–H groups in total. The van der Waals surface area contributed by atoms with Crippen LogP contribution in [-0.2, 0) is 9.47 Å². The maximum Gasteiger partial charge on any atom is 0.340 e. The predicted molar refractivity (Wildman–Crippen MR) is 46.9 cm³/mol.